The maximum absolute atomic E-state index is 5.39. The average molecular weight is 691 g/mol. The van der Waals surface area contributed by atoms with Gasteiger partial charge in [-0.15, -0.1) is 0 Å². The highest BCUT2D eigenvalue weighted by molar-refractivity contribution is 6.10. The van der Waals surface area contributed by atoms with E-state index in [2.05, 4.69) is 210 Å². The first-order chi connectivity index (χ1) is 26.8. The summed E-state index contributed by atoms with van der Waals surface area (Å²) in [4.78, 5) is 12.9. The molecule has 8 aromatic carbocycles. The molecule has 54 heavy (non-hydrogen) atoms. The van der Waals surface area contributed by atoms with Crippen molar-refractivity contribution in [3.05, 3.63) is 206 Å². The number of hydrogen-bond donors (Lipinski definition) is 0. The van der Waals surface area contributed by atoms with E-state index in [-0.39, 0.29) is 0 Å². The van der Waals surface area contributed by atoms with Crippen LogP contribution in [0, 0.1) is 0 Å². The number of para-hydroxylation sites is 4. The second kappa shape index (κ2) is 13.4. The van der Waals surface area contributed by atoms with Gasteiger partial charge in [-0.25, -0.2) is 9.97 Å². The molecule has 10 rings (SSSR count). The Bertz CT molecular complexity index is 2880. The van der Waals surface area contributed by atoms with Crippen molar-refractivity contribution in [2.24, 2.45) is 0 Å². The topological polar surface area (TPSA) is 34.0 Å². The van der Waals surface area contributed by atoms with Crippen molar-refractivity contribution in [2.75, 3.05) is 4.90 Å². The zero-order chi connectivity index (χ0) is 35.8. The van der Waals surface area contributed by atoms with Crippen LogP contribution in [0.1, 0.15) is 0 Å². The van der Waals surface area contributed by atoms with Gasteiger partial charge in [0.15, 0.2) is 0 Å². The van der Waals surface area contributed by atoms with Crippen LogP contribution in [0.15, 0.2) is 206 Å². The van der Waals surface area contributed by atoms with E-state index in [9.17, 15) is 0 Å². The molecule has 10 aromatic rings. The van der Waals surface area contributed by atoms with Gasteiger partial charge < -0.3 is 4.90 Å². The average Bonchev–Trinajstić information content (AvgIpc) is 3.58. The molecular weight excluding hydrogens is 657 g/mol. The van der Waals surface area contributed by atoms with E-state index in [1.165, 1.54) is 10.9 Å². The minimum Gasteiger partial charge on any atom is -0.311 e. The van der Waals surface area contributed by atoms with Crippen LogP contribution in [-0.4, -0.2) is 14.5 Å². The minimum atomic E-state index is 0.647. The molecule has 2 aromatic heterocycles. The number of fused-ring (bicyclic) bond motifs is 4. The van der Waals surface area contributed by atoms with Crippen LogP contribution < -0.4 is 4.90 Å². The summed E-state index contributed by atoms with van der Waals surface area (Å²) >= 11 is 0. The van der Waals surface area contributed by atoms with Gasteiger partial charge in [-0.05, 0) is 82.9 Å². The van der Waals surface area contributed by atoms with E-state index >= 15 is 0 Å². The smallest absolute Gasteiger partial charge is 0.235 e. The van der Waals surface area contributed by atoms with Crippen LogP contribution in [-0.2, 0) is 0 Å². The molecule has 0 spiro atoms. The van der Waals surface area contributed by atoms with Crippen molar-refractivity contribution in [1.82, 2.24) is 14.5 Å². The maximum atomic E-state index is 5.39. The Hall–Kier alpha value is -7.30. The van der Waals surface area contributed by atoms with Gasteiger partial charge in [0.25, 0.3) is 0 Å². The van der Waals surface area contributed by atoms with Gasteiger partial charge in [-0.2, -0.15) is 0 Å². The fourth-order valence-electron chi connectivity index (χ4n) is 7.63. The molecule has 4 nitrogen and oxygen atoms in total. The number of anilines is 3. The fraction of sp³-hybridized carbons (Fsp3) is 0. The number of nitrogens with zero attached hydrogens (tertiary/aromatic N) is 4. The quantitative estimate of drug-likeness (QED) is 0.167. The van der Waals surface area contributed by atoms with Crippen molar-refractivity contribution in [1.29, 1.82) is 0 Å². The number of hydrogen-bond acceptors (Lipinski definition) is 3. The summed E-state index contributed by atoms with van der Waals surface area (Å²) in [6, 6.07) is 72.6. The molecule has 0 unspecified atom stereocenters. The third kappa shape index (κ3) is 5.58. The molecule has 0 bridgehead atoms. The van der Waals surface area contributed by atoms with Crippen LogP contribution in [0.3, 0.4) is 0 Å². The van der Waals surface area contributed by atoms with Gasteiger partial charge in [-0.1, -0.05) is 146 Å². The molecule has 0 aliphatic heterocycles. The summed E-state index contributed by atoms with van der Waals surface area (Å²) in [5, 5.41) is 3.35. The summed E-state index contributed by atoms with van der Waals surface area (Å²) in [7, 11) is 0. The predicted molar refractivity (Wildman–Crippen MR) is 225 cm³/mol. The number of rotatable bonds is 7. The molecule has 254 valence electrons. The Kier molecular flexibility index (Phi) is 7.77. The summed E-state index contributed by atoms with van der Waals surface area (Å²) in [6.45, 7) is 0. The van der Waals surface area contributed by atoms with E-state index in [4.69, 9.17) is 9.97 Å². The summed E-state index contributed by atoms with van der Waals surface area (Å²) in [5.74, 6) is 0.647. The van der Waals surface area contributed by atoms with Crippen LogP contribution in [0.4, 0.5) is 17.1 Å². The van der Waals surface area contributed by atoms with E-state index < -0.39 is 0 Å². The molecular formula is C50H34N4. The fourth-order valence-corrected chi connectivity index (χ4v) is 7.63. The van der Waals surface area contributed by atoms with Crippen LogP contribution in [0.5, 0.6) is 0 Å². The first-order valence-corrected chi connectivity index (χ1v) is 18.3. The van der Waals surface area contributed by atoms with Crippen LogP contribution in [0.25, 0.3) is 72.2 Å². The maximum Gasteiger partial charge on any atom is 0.235 e. The Morgan fingerprint density at radius 3 is 1.59 bits per heavy atom. The largest absolute Gasteiger partial charge is 0.311 e. The lowest BCUT2D eigenvalue weighted by molar-refractivity contribution is 1.01. The third-order valence-electron chi connectivity index (χ3n) is 10.2. The lowest BCUT2D eigenvalue weighted by Gasteiger charge is -2.25. The van der Waals surface area contributed by atoms with Gasteiger partial charge in [0.1, 0.15) is 0 Å². The Morgan fingerprint density at radius 2 is 0.852 bits per heavy atom. The molecule has 4 heteroatoms. The molecule has 0 saturated heterocycles. The monoisotopic (exact) mass is 690 g/mol. The van der Waals surface area contributed by atoms with E-state index in [1.807, 2.05) is 6.07 Å². The Morgan fingerprint density at radius 1 is 0.333 bits per heavy atom. The molecule has 0 radical (unpaired) electrons. The van der Waals surface area contributed by atoms with Gasteiger partial charge in [0.2, 0.25) is 5.95 Å². The number of benzene rings is 8. The summed E-state index contributed by atoms with van der Waals surface area (Å²) in [6.07, 6.45) is 0. The molecule has 0 fully saturated rings. The second-order valence-corrected chi connectivity index (χ2v) is 13.5. The van der Waals surface area contributed by atoms with E-state index in [0.29, 0.717) is 5.95 Å². The lowest BCUT2D eigenvalue weighted by atomic mass is 10.00. The van der Waals surface area contributed by atoms with E-state index in [0.717, 1.165) is 72.3 Å². The predicted octanol–water partition coefficient (Wildman–Crippen LogP) is 13.2. The van der Waals surface area contributed by atoms with Crippen molar-refractivity contribution < 1.29 is 0 Å². The van der Waals surface area contributed by atoms with Gasteiger partial charge in [0.05, 0.1) is 22.2 Å². The van der Waals surface area contributed by atoms with Crippen molar-refractivity contribution >= 4 is 49.8 Å². The molecule has 0 N–H and O–H groups in total. The van der Waals surface area contributed by atoms with Gasteiger partial charge in [0, 0.05) is 38.8 Å². The van der Waals surface area contributed by atoms with Gasteiger partial charge in [-0.3, -0.25) is 4.57 Å². The minimum absolute atomic E-state index is 0.647. The highest BCUT2D eigenvalue weighted by Crippen LogP contribution is 2.38. The molecule has 2 heterocycles. The van der Waals surface area contributed by atoms with Crippen molar-refractivity contribution in [2.45, 2.75) is 0 Å². The molecule has 0 saturated carbocycles. The molecule has 0 amide bonds. The van der Waals surface area contributed by atoms with Crippen molar-refractivity contribution in [3.8, 4) is 39.5 Å². The van der Waals surface area contributed by atoms with Crippen LogP contribution in [0.2, 0.25) is 0 Å². The van der Waals surface area contributed by atoms with Crippen LogP contribution >= 0.6 is 0 Å². The number of aromatic nitrogens is 3. The lowest BCUT2D eigenvalue weighted by Crippen LogP contribution is -2.09. The summed E-state index contributed by atoms with van der Waals surface area (Å²) < 4.78 is 2.23. The highest BCUT2D eigenvalue weighted by atomic mass is 15.2. The zero-order valence-electron chi connectivity index (χ0n) is 29.4. The highest BCUT2D eigenvalue weighted by Gasteiger charge is 2.19. The molecule has 0 atom stereocenters. The standard InChI is InChI=1S/C50H34N4/c1-4-15-35(16-5-1)37-17-14-18-39(33-37)49-45-24-10-12-25-46(45)51-50(52-49)54-47-26-13-11-23-43(47)44-32-29-38(34-48(44)54)36-27-30-42(31-28-36)53(40-19-6-2-7-20-40)41-21-8-3-9-22-41/h1-34H. The van der Waals surface area contributed by atoms with Gasteiger partial charge >= 0.3 is 0 Å². The Balaban J connectivity index is 1.12. The van der Waals surface area contributed by atoms with Crippen molar-refractivity contribution in [3.63, 3.8) is 0 Å². The molecule has 0 aliphatic rings. The first kappa shape index (κ1) is 31.4. The Labute approximate surface area is 313 Å². The zero-order valence-corrected chi connectivity index (χ0v) is 29.4. The third-order valence-corrected chi connectivity index (χ3v) is 10.2. The molecule has 0 aliphatic carbocycles. The normalized spacial score (nSPS) is 11.3. The van der Waals surface area contributed by atoms with E-state index in [1.54, 1.807) is 0 Å². The first-order valence-electron chi connectivity index (χ1n) is 18.3. The second-order valence-electron chi connectivity index (χ2n) is 13.5. The summed E-state index contributed by atoms with van der Waals surface area (Å²) in [5.41, 5.74) is 12.9. The SMILES string of the molecule is c1ccc(-c2cccc(-c3nc(-n4c5ccccc5c5ccc(-c6ccc(N(c7ccccc7)c7ccccc7)cc6)cc54)nc4ccccc34)c2)cc1.